The average molecular weight is 464 g/mol. The fourth-order valence-corrected chi connectivity index (χ4v) is 2.92. The molecule has 0 unspecified atom stereocenters. The van der Waals surface area contributed by atoms with Gasteiger partial charge in [-0.2, -0.15) is 0 Å². The largest absolute Gasteiger partial charge is 0.488 e. The zero-order valence-corrected chi connectivity index (χ0v) is 18.5. The smallest absolute Gasteiger partial charge is 0.337 e. The maximum absolute atomic E-state index is 12.6. The summed E-state index contributed by atoms with van der Waals surface area (Å²) >= 11 is 5.07. The number of thiocarbonyl (C=S) groups is 1. The summed E-state index contributed by atoms with van der Waals surface area (Å²) in [5.74, 6) is -1.10. The summed E-state index contributed by atoms with van der Waals surface area (Å²) in [7, 11) is 1.27. The molecule has 33 heavy (non-hydrogen) atoms. The number of methoxy groups -OCH3 is 1. The van der Waals surface area contributed by atoms with E-state index in [9.17, 15) is 14.4 Å². The van der Waals surface area contributed by atoms with Crippen LogP contribution in [0.1, 0.15) is 36.6 Å². The Bertz CT molecular complexity index is 1150. The van der Waals surface area contributed by atoms with Crippen LogP contribution in [0.2, 0.25) is 0 Å². The van der Waals surface area contributed by atoms with Gasteiger partial charge in [0.15, 0.2) is 5.11 Å². The summed E-state index contributed by atoms with van der Waals surface area (Å²) in [5, 5.41) is 2.34. The van der Waals surface area contributed by atoms with Crippen LogP contribution in [0.25, 0.3) is 0 Å². The van der Waals surface area contributed by atoms with Crippen molar-refractivity contribution in [2.24, 2.45) is 0 Å². The van der Waals surface area contributed by atoms with Crippen molar-refractivity contribution >= 4 is 35.1 Å². The minimum atomic E-state index is -0.509. The number of hydrazine groups is 1. The predicted octanol–water partition coefficient (Wildman–Crippen LogP) is 3.00. The highest BCUT2D eigenvalue weighted by molar-refractivity contribution is 7.80. The maximum atomic E-state index is 12.6. The highest BCUT2D eigenvalue weighted by Gasteiger charge is 2.14. The molecule has 3 aromatic carbocycles. The zero-order chi connectivity index (χ0) is 23.6. The number of carbonyl (C=O) groups is 3. The van der Waals surface area contributed by atoms with Gasteiger partial charge in [0.2, 0.25) is 0 Å². The summed E-state index contributed by atoms with van der Waals surface area (Å²) in [4.78, 5) is 36.4. The molecule has 0 aliphatic carbocycles. The highest BCUT2D eigenvalue weighted by atomic mass is 32.1. The van der Waals surface area contributed by atoms with Crippen molar-refractivity contribution in [2.45, 2.75) is 6.61 Å². The molecule has 0 radical (unpaired) electrons. The van der Waals surface area contributed by atoms with Gasteiger partial charge in [-0.05, 0) is 54.2 Å². The van der Waals surface area contributed by atoms with Crippen molar-refractivity contribution in [3.05, 3.63) is 101 Å². The molecule has 3 rings (SSSR count). The third kappa shape index (κ3) is 6.62. The molecule has 2 amide bonds. The number of nitrogens with one attached hydrogen (secondary N) is 3. The van der Waals surface area contributed by atoms with Crippen LogP contribution in [0, 0.1) is 0 Å². The molecule has 168 valence electrons. The fraction of sp³-hybridized carbons (Fsp3) is 0.0833. The molecule has 0 atom stereocenters. The lowest BCUT2D eigenvalue weighted by Crippen LogP contribution is -2.48. The van der Waals surface area contributed by atoms with E-state index in [0.29, 0.717) is 23.5 Å². The highest BCUT2D eigenvalue weighted by Crippen LogP contribution is 2.19. The second-order valence-corrected chi connectivity index (χ2v) is 7.11. The molecule has 0 saturated carbocycles. The second-order valence-electron chi connectivity index (χ2n) is 6.70. The van der Waals surface area contributed by atoms with Gasteiger partial charge in [-0.15, -0.1) is 0 Å². The van der Waals surface area contributed by atoms with Gasteiger partial charge >= 0.3 is 5.97 Å². The number of hydrogen-bond acceptors (Lipinski definition) is 6. The standard InChI is InChI=1S/C24H21N3O5S/c1-31-23(30)18-13-11-17(12-14-18)21(28)25-24(33)27-26-22(29)19-9-5-6-10-20(19)32-15-16-7-3-2-4-8-16/h2-14H,15H2,1H3,(H,26,29)(H2,25,27,28,33). The molecule has 3 N–H and O–H groups in total. The summed E-state index contributed by atoms with van der Waals surface area (Å²) in [5.41, 5.74) is 6.79. The van der Waals surface area contributed by atoms with Gasteiger partial charge in [0.1, 0.15) is 12.4 Å². The molecule has 0 spiro atoms. The minimum Gasteiger partial charge on any atom is -0.488 e. The molecule has 9 heteroatoms. The number of ether oxygens (including phenoxy) is 2. The van der Waals surface area contributed by atoms with Crippen LogP contribution in [-0.4, -0.2) is 30.0 Å². The van der Waals surface area contributed by atoms with Crippen LogP contribution in [-0.2, 0) is 11.3 Å². The lowest BCUT2D eigenvalue weighted by Gasteiger charge is -2.14. The van der Waals surface area contributed by atoms with E-state index in [1.54, 1.807) is 24.3 Å². The SMILES string of the molecule is COC(=O)c1ccc(C(=O)NC(=S)NNC(=O)c2ccccc2OCc2ccccc2)cc1. The monoisotopic (exact) mass is 463 g/mol. The molecule has 0 fully saturated rings. The van der Waals surface area contributed by atoms with Crippen LogP contribution >= 0.6 is 12.2 Å². The Morgan fingerprint density at radius 1 is 0.788 bits per heavy atom. The van der Waals surface area contributed by atoms with E-state index in [4.69, 9.17) is 17.0 Å². The van der Waals surface area contributed by atoms with E-state index in [1.807, 2.05) is 30.3 Å². The average Bonchev–Trinajstić information content (AvgIpc) is 2.86. The van der Waals surface area contributed by atoms with E-state index in [0.717, 1.165) is 5.56 Å². The summed E-state index contributed by atoms with van der Waals surface area (Å²) in [6.07, 6.45) is 0. The Morgan fingerprint density at radius 3 is 2.12 bits per heavy atom. The molecule has 0 aliphatic heterocycles. The normalized spacial score (nSPS) is 9.97. The summed E-state index contributed by atoms with van der Waals surface area (Å²) in [6, 6.07) is 22.2. The van der Waals surface area contributed by atoms with E-state index < -0.39 is 17.8 Å². The van der Waals surface area contributed by atoms with Crippen molar-refractivity contribution < 1.29 is 23.9 Å². The first-order chi connectivity index (χ1) is 16.0. The van der Waals surface area contributed by atoms with Gasteiger partial charge in [0, 0.05) is 5.56 Å². The van der Waals surface area contributed by atoms with Crippen LogP contribution in [0.15, 0.2) is 78.9 Å². The molecule has 0 aliphatic rings. The number of rotatable bonds is 6. The van der Waals surface area contributed by atoms with Crippen LogP contribution in [0.5, 0.6) is 5.75 Å². The van der Waals surface area contributed by atoms with Crippen molar-refractivity contribution in [3.8, 4) is 5.75 Å². The van der Waals surface area contributed by atoms with Gasteiger partial charge < -0.3 is 9.47 Å². The van der Waals surface area contributed by atoms with Crippen molar-refractivity contribution in [2.75, 3.05) is 7.11 Å². The number of carbonyl (C=O) groups excluding carboxylic acids is 3. The van der Waals surface area contributed by atoms with Crippen molar-refractivity contribution in [1.29, 1.82) is 0 Å². The fourth-order valence-electron chi connectivity index (χ4n) is 2.78. The van der Waals surface area contributed by atoms with E-state index in [-0.39, 0.29) is 10.7 Å². The lowest BCUT2D eigenvalue weighted by atomic mass is 10.1. The molecule has 0 aromatic heterocycles. The van der Waals surface area contributed by atoms with Crippen molar-refractivity contribution in [3.63, 3.8) is 0 Å². The number of esters is 1. The van der Waals surface area contributed by atoms with Gasteiger partial charge in [0.05, 0.1) is 18.2 Å². The van der Waals surface area contributed by atoms with Crippen LogP contribution < -0.4 is 20.9 Å². The first-order valence-electron chi connectivity index (χ1n) is 9.83. The lowest BCUT2D eigenvalue weighted by molar-refractivity contribution is 0.0600. The molecule has 0 bridgehead atoms. The van der Waals surface area contributed by atoms with Crippen LogP contribution in [0.3, 0.4) is 0 Å². The van der Waals surface area contributed by atoms with E-state index in [1.165, 1.54) is 31.4 Å². The molecule has 3 aromatic rings. The van der Waals surface area contributed by atoms with Crippen molar-refractivity contribution in [1.82, 2.24) is 16.2 Å². The number of para-hydroxylation sites is 1. The Balaban J connectivity index is 1.53. The van der Waals surface area contributed by atoms with Gasteiger partial charge in [0.25, 0.3) is 11.8 Å². The summed E-state index contributed by atoms with van der Waals surface area (Å²) in [6.45, 7) is 0.307. The number of amides is 2. The van der Waals surface area contributed by atoms with Crippen LogP contribution in [0.4, 0.5) is 0 Å². The Labute approximate surface area is 195 Å². The molecule has 0 saturated heterocycles. The zero-order valence-electron chi connectivity index (χ0n) is 17.7. The van der Waals surface area contributed by atoms with Gasteiger partial charge in [-0.1, -0.05) is 42.5 Å². The third-order valence-corrected chi connectivity index (χ3v) is 4.66. The quantitative estimate of drug-likeness (QED) is 0.293. The maximum Gasteiger partial charge on any atom is 0.337 e. The molecular formula is C24H21N3O5S. The van der Waals surface area contributed by atoms with E-state index in [2.05, 4.69) is 20.9 Å². The predicted molar refractivity (Wildman–Crippen MR) is 126 cm³/mol. The number of hydrogen-bond donors (Lipinski definition) is 3. The first kappa shape index (κ1) is 23.4. The third-order valence-electron chi connectivity index (χ3n) is 4.45. The summed E-state index contributed by atoms with van der Waals surface area (Å²) < 4.78 is 10.4. The Morgan fingerprint density at radius 2 is 1.42 bits per heavy atom. The first-order valence-corrected chi connectivity index (χ1v) is 10.2. The van der Waals surface area contributed by atoms with Gasteiger partial charge in [-0.25, -0.2) is 4.79 Å². The Kier molecular flexibility index (Phi) is 8.09. The minimum absolute atomic E-state index is 0.104. The molecule has 0 heterocycles. The molecule has 8 nitrogen and oxygen atoms in total. The topological polar surface area (TPSA) is 106 Å². The number of benzene rings is 3. The Hall–Kier alpha value is -4.24. The second kappa shape index (κ2) is 11.4. The van der Waals surface area contributed by atoms with E-state index >= 15 is 0 Å². The molecular weight excluding hydrogens is 442 g/mol. The van der Waals surface area contributed by atoms with Gasteiger partial charge in [-0.3, -0.25) is 25.8 Å².